The van der Waals surface area contributed by atoms with Crippen LogP contribution in [0.3, 0.4) is 0 Å². The minimum atomic E-state index is -0.657. The summed E-state index contributed by atoms with van der Waals surface area (Å²) in [4.78, 5) is 2.33. The fraction of sp³-hybridized carbons (Fsp3) is 0.800. The van der Waals surface area contributed by atoms with Crippen LogP contribution in [0.4, 0.5) is 5.82 Å². The van der Waals surface area contributed by atoms with Crippen molar-refractivity contribution in [1.82, 2.24) is 15.1 Å². The molecular weight excluding hydrogens is 268 g/mol. The van der Waals surface area contributed by atoms with Gasteiger partial charge in [0.2, 0.25) is 0 Å². The van der Waals surface area contributed by atoms with Gasteiger partial charge in [-0.25, -0.2) is 0 Å². The second-order valence-electron chi connectivity index (χ2n) is 6.06. The van der Waals surface area contributed by atoms with Gasteiger partial charge < -0.3 is 20.1 Å². The van der Waals surface area contributed by atoms with Crippen LogP contribution in [0, 0.1) is 6.92 Å². The van der Waals surface area contributed by atoms with Gasteiger partial charge >= 0.3 is 0 Å². The van der Waals surface area contributed by atoms with Gasteiger partial charge in [-0.3, -0.25) is 4.68 Å². The predicted molar refractivity (Wildman–Crippen MR) is 83.6 cm³/mol. The molecule has 0 amide bonds. The zero-order valence-electron chi connectivity index (χ0n) is 13.6. The van der Waals surface area contributed by atoms with Gasteiger partial charge in [-0.15, -0.1) is 0 Å². The molecule has 1 aliphatic rings. The summed E-state index contributed by atoms with van der Waals surface area (Å²) in [7, 11) is 1.99. The lowest BCUT2D eigenvalue weighted by Crippen LogP contribution is -2.39. The molecule has 0 spiro atoms. The van der Waals surface area contributed by atoms with Crippen LogP contribution in [0.1, 0.15) is 31.5 Å². The van der Waals surface area contributed by atoms with Crippen LogP contribution in [-0.2, 0) is 18.3 Å². The number of aliphatic hydroxyl groups is 1. The van der Waals surface area contributed by atoms with E-state index >= 15 is 0 Å². The first kappa shape index (κ1) is 16.3. The van der Waals surface area contributed by atoms with Crippen molar-refractivity contribution in [2.75, 3.05) is 37.7 Å². The maximum Gasteiger partial charge on any atom is 0.131 e. The fourth-order valence-corrected chi connectivity index (χ4v) is 2.65. The first-order valence-electron chi connectivity index (χ1n) is 7.73. The molecule has 6 heteroatoms. The van der Waals surface area contributed by atoms with E-state index in [2.05, 4.69) is 15.3 Å². The number of aryl methyl sites for hydroxylation is 2. The van der Waals surface area contributed by atoms with E-state index in [9.17, 15) is 5.11 Å². The van der Waals surface area contributed by atoms with Crippen molar-refractivity contribution < 1.29 is 9.84 Å². The van der Waals surface area contributed by atoms with Gasteiger partial charge in [0.05, 0.1) is 24.5 Å². The van der Waals surface area contributed by atoms with Gasteiger partial charge in [0.25, 0.3) is 0 Å². The third kappa shape index (κ3) is 3.96. The molecule has 120 valence electrons. The van der Waals surface area contributed by atoms with E-state index in [1.807, 2.05) is 32.5 Å². The van der Waals surface area contributed by atoms with Crippen LogP contribution in [-0.4, -0.2) is 53.3 Å². The summed E-state index contributed by atoms with van der Waals surface area (Å²) in [5, 5.41) is 18.0. The molecule has 6 nitrogen and oxygen atoms in total. The van der Waals surface area contributed by atoms with Crippen molar-refractivity contribution in [1.29, 1.82) is 0 Å². The molecule has 1 aromatic heterocycles. The number of anilines is 1. The highest BCUT2D eigenvalue weighted by atomic mass is 16.5. The average molecular weight is 296 g/mol. The van der Waals surface area contributed by atoms with Crippen molar-refractivity contribution in [3.63, 3.8) is 0 Å². The number of hydrogen-bond donors (Lipinski definition) is 2. The SMILES string of the molecule is CCC(C)(O)CNCc1c(C)nn(C)c1N1CCOCC1. The number of ether oxygens (including phenoxy) is 1. The largest absolute Gasteiger partial charge is 0.389 e. The van der Waals surface area contributed by atoms with E-state index in [0.29, 0.717) is 6.54 Å². The number of nitrogens with zero attached hydrogens (tertiary/aromatic N) is 3. The second-order valence-corrected chi connectivity index (χ2v) is 6.06. The Balaban J connectivity index is 2.08. The lowest BCUT2D eigenvalue weighted by Gasteiger charge is -2.30. The molecule has 0 bridgehead atoms. The third-order valence-corrected chi connectivity index (χ3v) is 4.19. The van der Waals surface area contributed by atoms with Crippen molar-refractivity contribution in [3.8, 4) is 0 Å². The summed E-state index contributed by atoms with van der Waals surface area (Å²) in [6.45, 7) is 10.5. The Labute approximate surface area is 127 Å². The van der Waals surface area contributed by atoms with Crippen LogP contribution >= 0.6 is 0 Å². The highest BCUT2D eigenvalue weighted by molar-refractivity contribution is 5.50. The summed E-state index contributed by atoms with van der Waals surface area (Å²) in [5.74, 6) is 1.17. The van der Waals surface area contributed by atoms with Crippen LogP contribution in [0.2, 0.25) is 0 Å². The topological polar surface area (TPSA) is 62.5 Å². The Hall–Kier alpha value is -1.11. The van der Waals surface area contributed by atoms with E-state index in [4.69, 9.17) is 4.74 Å². The van der Waals surface area contributed by atoms with Gasteiger partial charge in [0.15, 0.2) is 0 Å². The maximum absolute atomic E-state index is 10.1. The normalized spacial score (nSPS) is 18.8. The van der Waals surface area contributed by atoms with Gasteiger partial charge in [0, 0.05) is 38.8 Å². The monoisotopic (exact) mass is 296 g/mol. The molecule has 0 aliphatic carbocycles. The Morgan fingerprint density at radius 3 is 2.67 bits per heavy atom. The Kier molecular flexibility index (Phi) is 5.24. The first-order valence-corrected chi connectivity index (χ1v) is 7.73. The molecule has 0 radical (unpaired) electrons. The molecule has 2 heterocycles. The van der Waals surface area contributed by atoms with Crippen molar-refractivity contribution in [2.24, 2.45) is 7.05 Å². The number of morpholine rings is 1. The number of nitrogens with one attached hydrogen (secondary N) is 1. The van der Waals surface area contributed by atoms with E-state index in [1.54, 1.807) is 0 Å². The van der Waals surface area contributed by atoms with E-state index in [1.165, 1.54) is 11.4 Å². The smallest absolute Gasteiger partial charge is 0.131 e. The molecule has 1 aromatic rings. The summed E-state index contributed by atoms with van der Waals surface area (Å²) >= 11 is 0. The minimum absolute atomic E-state index is 0.584. The standard InChI is InChI=1S/C15H28N4O2/c1-5-15(3,20)11-16-10-13-12(2)17-18(4)14(13)19-6-8-21-9-7-19/h16,20H,5-11H2,1-4H3. The molecule has 1 fully saturated rings. The van der Waals surface area contributed by atoms with Crippen LogP contribution in [0.15, 0.2) is 0 Å². The Bertz CT molecular complexity index is 464. The summed E-state index contributed by atoms with van der Waals surface area (Å²) in [5.41, 5.74) is 1.60. The quantitative estimate of drug-likeness (QED) is 0.813. The summed E-state index contributed by atoms with van der Waals surface area (Å²) in [6, 6.07) is 0. The molecule has 0 saturated carbocycles. The van der Waals surface area contributed by atoms with Crippen molar-refractivity contribution in [3.05, 3.63) is 11.3 Å². The van der Waals surface area contributed by atoms with Gasteiger partial charge in [-0.05, 0) is 20.3 Å². The molecule has 0 aromatic carbocycles. The van der Waals surface area contributed by atoms with Crippen molar-refractivity contribution in [2.45, 2.75) is 39.3 Å². The van der Waals surface area contributed by atoms with E-state index in [0.717, 1.165) is 45.0 Å². The molecule has 1 aliphatic heterocycles. The number of aromatic nitrogens is 2. The molecular formula is C15H28N4O2. The van der Waals surface area contributed by atoms with Crippen molar-refractivity contribution >= 4 is 5.82 Å². The number of rotatable bonds is 6. The van der Waals surface area contributed by atoms with Gasteiger partial charge in [-0.2, -0.15) is 5.10 Å². The first-order chi connectivity index (χ1) is 9.94. The summed E-state index contributed by atoms with van der Waals surface area (Å²) < 4.78 is 7.38. The highest BCUT2D eigenvalue weighted by Gasteiger charge is 2.22. The van der Waals surface area contributed by atoms with E-state index in [-0.39, 0.29) is 0 Å². The lowest BCUT2D eigenvalue weighted by atomic mass is 10.0. The highest BCUT2D eigenvalue weighted by Crippen LogP contribution is 2.24. The molecule has 1 atom stereocenters. The molecule has 2 N–H and O–H groups in total. The van der Waals surface area contributed by atoms with Gasteiger partial charge in [0.1, 0.15) is 5.82 Å². The Morgan fingerprint density at radius 2 is 2.05 bits per heavy atom. The lowest BCUT2D eigenvalue weighted by molar-refractivity contribution is 0.0555. The second kappa shape index (κ2) is 6.77. The summed E-state index contributed by atoms with van der Waals surface area (Å²) in [6.07, 6.45) is 0.738. The zero-order chi connectivity index (χ0) is 15.5. The van der Waals surface area contributed by atoms with Crippen LogP contribution < -0.4 is 10.2 Å². The molecule has 21 heavy (non-hydrogen) atoms. The van der Waals surface area contributed by atoms with Gasteiger partial charge in [-0.1, -0.05) is 6.92 Å². The predicted octanol–water partition coefficient (Wildman–Crippen LogP) is 0.816. The Morgan fingerprint density at radius 1 is 1.38 bits per heavy atom. The van der Waals surface area contributed by atoms with E-state index < -0.39 is 5.60 Å². The number of hydrogen-bond acceptors (Lipinski definition) is 5. The van der Waals surface area contributed by atoms with Crippen LogP contribution in [0.5, 0.6) is 0 Å². The zero-order valence-corrected chi connectivity index (χ0v) is 13.6. The molecule has 1 saturated heterocycles. The molecule has 1 unspecified atom stereocenters. The molecule has 2 rings (SSSR count). The van der Waals surface area contributed by atoms with Crippen LogP contribution in [0.25, 0.3) is 0 Å². The maximum atomic E-state index is 10.1. The fourth-order valence-electron chi connectivity index (χ4n) is 2.65. The minimum Gasteiger partial charge on any atom is -0.389 e. The average Bonchev–Trinajstić information content (AvgIpc) is 2.74. The third-order valence-electron chi connectivity index (χ3n) is 4.19.